The molecule has 0 spiro atoms. The highest BCUT2D eigenvalue weighted by Gasteiger charge is 2.60. The van der Waals surface area contributed by atoms with E-state index in [1.807, 2.05) is 71.9 Å². The van der Waals surface area contributed by atoms with Crippen LogP contribution in [-0.4, -0.2) is 79.0 Å². The summed E-state index contributed by atoms with van der Waals surface area (Å²) in [4.78, 5) is 11.7. The van der Waals surface area contributed by atoms with E-state index in [9.17, 15) is 4.79 Å². The summed E-state index contributed by atoms with van der Waals surface area (Å²) in [6.45, 7) is 12.8. The average molecular weight is 523 g/mol. The molecule has 0 aromatic heterocycles. The molecule has 4 aliphatic heterocycles. The van der Waals surface area contributed by atoms with Crippen LogP contribution in [0.4, 0.5) is 0 Å². The number of rotatable bonds is 6. The van der Waals surface area contributed by atoms with Gasteiger partial charge in [-0.15, -0.1) is 0 Å². The van der Waals surface area contributed by atoms with Gasteiger partial charge in [-0.3, -0.25) is 4.79 Å². The Bertz CT molecular complexity index is 952. The zero-order chi connectivity index (χ0) is 26.5. The lowest BCUT2D eigenvalue weighted by Crippen LogP contribution is -2.62. The Labute approximate surface area is 217 Å². The number of benzene rings is 1. The van der Waals surface area contributed by atoms with Crippen LogP contribution >= 0.6 is 0 Å². The summed E-state index contributed by atoms with van der Waals surface area (Å²) < 4.78 is 55.5. The van der Waals surface area contributed by atoms with Crippen molar-refractivity contribution in [1.29, 1.82) is 0 Å². The lowest BCUT2D eigenvalue weighted by molar-refractivity contribution is -0.334. The topological polar surface area (TPSA) is 100 Å². The third-order valence-corrected chi connectivity index (χ3v) is 6.98. The molecular formula is C27H38O10. The highest BCUT2D eigenvalue weighted by atomic mass is 16.8. The van der Waals surface area contributed by atoms with Gasteiger partial charge in [0, 0.05) is 6.92 Å². The minimum Gasteiger partial charge on any atom is -0.457 e. The first-order chi connectivity index (χ1) is 17.4. The van der Waals surface area contributed by atoms with E-state index in [4.69, 9.17) is 42.6 Å². The first-order valence-electron chi connectivity index (χ1n) is 12.9. The van der Waals surface area contributed by atoms with Crippen LogP contribution in [0.2, 0.25) is 0 Å². The van der Waals surface area contributed by atoms with Crippen molar-refractivity contribution >= 4 is 5.97 Å². The monoisotopic (exact) mass is 522 g/mol. The van der Waals surface area contributed by atoms with Crippen molar-refractivity contribution in [2.45, 2.75) is 128 Å². The number of hydrogen-bond donors (Lipinski definition) is 0. The Kier molecular flexibility index (Phi) is 7.40. The van der Waals surface area contributed by atoms with Crippen molar-refractivity contribution in [1.82, 2.24) is 0 Å². The molecule has 1 aromatic carbocycles. The number of esters is 1. The number of carbonyl (C=O) groups excluding carboxylic acids is 1. The van der Waals surface area contributed by atoms with Crippen LogP contribution in [0.3, 0.4) is 0 Å². The molecule has 0 aliphatic carbocycles. The van der Waals surface area contributed by atoms with E-state index < -0.39 is 79.0 Å². The second-order valence-electron chi connectivity index (χ2n) is 11.0. The molecule has 4 fully saturated rings. The van der Waals surface area contributed by atoms with Gasteiger partial charge in [-0.25, -0.2) is 0 Å². The van der Waals surface area contributed by atoms with Gasteiger partial charge >= 0.3 is 5.97 Å². The van der Waals surface area contributed by atoms with Gasteiger partial charge in [-0.05, 0) is 47.1 Å². The molecule has 4 aliphatic rings. The molecule has 10 atom stereocenters. The fourth-order valence-electron chi connectivity index (χ4n) is 5.52. The van der Waals surface area contributed by atoms with Crippen LogP contribution in [0, 0.1) is 0 Å². The molecule has 206 valence electrons. The van der Waals surface area contributed by atoms with Gasteiger partial charge in [0.15, 0.2) is 30.3 Å². The smallest absolute Gasteiger partial charge is 0.303 e. The Morgan fingerprint density at radius 3 is 1.92 bits per heavy atom. The summed E-state index contributed by atoms with van der Waals surface area (Å²) >= 11 is 0. The number of hydrogen-bond acceptors (Lipinski definition) is 10. The molecule has 37 heavy (non-hydrogen) atoms. The van der Waals surface area contributed by atoms with Gasteiger partial charge < -0.3 is 42.6 Å². The van der Waals surface area contributed by atoms with E-state index in [2.05, 4.69) is 0 Å². The summed E-state index contributed by atoms with van der Waals surface area (Å²) in [5.74, 6) is -2.16. The fourth-order valence-corrected chi connectivity index (χ4v) is 5.52. The van der Waals surface area contributed by atoms with Crippen LogP contribution in [0.5, 0.6) is 0 Å². The molecular weight excluding hydrogens is 484 g/mol. The van der Waals surface area contributed by atoms with Crippen molar-refractivity contribution in [2.24, 2.45) is 0 Å². The first-order valence-corrected chi connectivity index (χ1v) is 12.9. The van der Waals surface area contributed by atoms with Crippen molar-refractivity contribution in [3.05, 3.63) is 35.9 Å². The van der Waals surface area contributed by atoms with E-state index in [-0.39, 0.29) is 0 Å². The van der Waals surface area contributed by atoms with Gasteiger partial charge in [0.25, 0.3) is 0 Å². The van der Waals surface area contributed by atoms with Crippen molar-refractivity contribution < 1.29 is 47.4 Å². The van der Waals surface area contributed by atoms with E-state index >= 15 is 0 Å². The molecule has 0 N–H and O–H groups in total. The highest BCUT2D eigenvalue weighted by molar-refractivity contribution is 5.66. The maximum absolute atomic E-state index is 11.7. The molecule has 4 heterocycles. The lowest BCUT2D eigenvalue weighted by Gasteiger charge is -2.45. The number of ether oxygens (including phenoxy) is 9. The summed E-state index contributed by atoms with van der Waals surface area (Å²) in [6.07, 6.45) is -5.66. The second kappa shape index (κ2) is 10.2. The van der Waals surface area contributed by atoms with Gasteiger partial charge in [0.1, 0.15) is 30.5 Å². The molecule has 10 nitrogen and oxygen atoms in total. The Hall–Kier alpha value is -1.63. The molecule has 0 unspecified atom stereocenters. The predicted molar refractivity (Wildman–Crippen MR) is 128 cm³/mol. The Morgan fingerprint density at radius 1 is 0.784 bits per heavy atom. The first kappa shape index (κ1) is 27.0. The van der Waals surface area contributed by atoms with Gasteiger partial charge in [0.2, 0.25) is 0 Å². The van der Waals surface area contributed by atoms with E-state index in [1.165, 1.54) is 6.92 Å². The number of carbonyl (C=O) groups is 1. The molecule has 5 rings (SSSR count). The lowest BCUT2D eigenvalue weighted by atomic mass is 9.97. The SMILES string of the molecule is CC(=O)O[C@@H]1[C@H]2OC(C)(C)O[C@H]2[C@H](O[C@@H]2[C@H]3OC(C)(C)O[C@H]3[C@H](OCc3ccccc3)O[C@H]2C)O[C@H]1C. The summed E-state index contributed by atoms with van der Waals surface area (Å²) in [5.41, 5.74) is 1.03. The molecule has 0 saturated carbocycles. The Balaban J connectivity index is 1.33. The maximum atomic E-state index is 11.7. The normalized spacial score (nSPS) is 42.1. The molecule has 10 heteroatoms. The van der Waals surface area contributed by atoms with Gasteiger partial charge in [-0.2, -0.15) is 0 Å². The third kappa shape index (κ3) is 5.72. The quantitative estimate of drug-likeness (QED) is 0.518. The van der Waals surface area contributed by atoms with Crippen molar-refractivity contribution in [3.8, 4) is 0 Å². The van der Waals surface area contributed by atoms with Crippen LogP contribution in [-0.2, 0) is 54.0 Å². The summed E-state index contributed by atoms with van der Waals surface area (Å²) in [5, 5.41) is 0. The zero-order valence-electron chi connectivity index (χ0n) is 22.4. The molecule has 1 aromatic rings. The van der Waals surface area contributed by atoms with Crippen LogP contribution < -0.4 is 0 Å². The van der Waals surface area contributed by atoms with Crippen molar-refractivity contribution in [3.63, 3.8) is 0 Å². The van der Waals surface area contributed by atoms with Crippen molar-refractivity contribution in [2.75, 3.05) is 0 Å². The van der Waals surface area contributed by atoms with E-state index in [0.717, 1.165) is 5.56 Å². The highest BCUT2D eigenvalue weighted by Crippen LogP contribution is 2.43. The molecule has 0 bridgehead atoms. The second-order valence-corrected chi connectivity index (χ2v) is 11.0. The predicted octanol–water partition coefficient (Wildman–Crippen LogP) is 3.05. The third-order valence-electron chi connectivity index (χ3n) is 6.98. The molecule has 4 saturated heterocycles. The minimum atomic E-state index is -0.898. The zero-order valence-corrected chi connectivity index (χ0v) is 22.4. The maximum Gasteiger partial charge on any atom is 0.303 e. The molecule has 0 amide bonds. The standard InChI is InChI=1S/C27H38O10/c1-14-18(32-16(3)28)20-23(37-27(6,7)34-20)25(31-14)33-19-15(2)30-24(22-21(19)35-26(4,5)36-22)29-13-17-11-9-8-10-12-17/h8-12,14-15,18-25H,13H2,1-7H3/t14-,15-,18-,19-,20+,21+,22+,23+,24+,25-/m0/s1. The van der Waals surface area contributed by atoms with Gasteiger partial charge in [0.05, 0.1) is 18.8 Å². The summed E-state index contributed by atoms with van der Waals surface area (Å²) in [7, 11) is 0. The Morgan fingerprint density at radius 2 is 1.30 bits per heavy atom. The van der Waals surface area contributed by atoms with E-state index in [0.29, 0.717) is 6.61 Å². The fraction of sp³-hybridized carbons (Fsp3) is 0.741. The van der Waals surface area contributed by atoms with Gasteiger partial charge in [-0.1, -0.05) is 30.3 Å². The van der Waals surface area contributed by atoms with Crippen LogP contribution in [0.1, 0.15) is 54.0 Å². The van der Waals surface area contributed by atoms with Crippen LogP contribution in [0.25, 0.3) is 0 Å². The summed E-state index contributed by atoms with van der Waals surface area (Å²) in [6, 6.07) is 9.89. The average Bonchev–Trinajstić information content (AvgIpc) is 3.32. The minimum absolute atomic E-state index is 0.377. The number of fused-ring (bicyclic) bond motifs is 2. The molecule has 0 radical (unpaired) electrons. The van der Waals surface area contributed by atoms with Crippen LogP contribution in [0.15, 0.2) is 30.3 Å². The largest absolute Gasteiger partial charge is 0.457 e. The van der Waals surface area contributed by atoms with E-state index in [1.54, 1.807) is 0 Å².